The van der Waals surface area contributed by atoms with Gasteiger partial charge in [-0.1, -0.05) is 81.9 Å². The monoisotopic (exact) mass is 584 g/mol. The van der Waals surface area contributed by atoms with E-state index >= 15 is 0 Å². The second-order valence-electron chi connectivity index (χ2n) is 11.3. The van der Waals surface area contributed by atoms with E-state index in [1.165, 1.54) is 0 Å². The fourth-order valence-electron chi connectivity index (χ4n) is 6.84. The van der Waals surface area contributed by atoms with Crippen LogP contribution in [0.2, 0.25) is 0 Å². The average molecular weight is 585 g/mol. The second kappa shape index (κ2) is 8.94. The summed E-state index contributed by atoms with van der Waals surface area (Å²) < 4.78 is 31.1. The zero-order chi connectivity index (χ0) is 29.5. The van der Waals surface area contributed by atoms with E-state index in [9.17, 15) is 0 Å². The highest BCUT2D eigenvalue weighted by atomic mass is 16.7. The summed E-state index contributed by atoms with van der Waals surface area (Å²) in [6.07, 6.45) is 3.99. The highest BCUT2D eigenvalue weighted by molar-refractivity contribution is 6.10. The number of fused-ring (bicyclic) bond motifs is 2. The molecule has 6 heteroatoms. The van der Waals surface area contributed by atoms with Crippen molar-refractivity contribution in [2.45, 2.75) is 6.03 Å². The molecule has 8 aromatic rings. The smallest absolute Gasteiger partial charge is 0.456 e. The predicted molar refractivity (Wildman–Crippen MR) is 171 cm³/mol. The number of nitrogens with zero attached hydrogens (tertiary/aromatic N) is 2. The van der Waals surface area contributed by atoms with Gasteiger partial charge in [0.1, 0.15) is 23.0 Å². The van der Waals surface area contributed by atoms with Crippen molar-refractivity contribution in [1.29, 1.82) is 0 Å². The van der Waals surface area contributed by atoms with Gasteiger partial charge in [-0.15, -0.1) is 0 Å². The molecular weight excluding hydrogens is 560 g/mol. The van der Waals surface area contributed by atoms with Crippen LogP contribution in [0.5, 0.6) is 34.5 Å². The highest BCUT2D eigenvalue weighted by Gasteiger charge is 2.65. The average Bonchev–Trinajstić information content (AvgIpc) is 3.09. The third-order valence-electron chi connectivity index (χ3n) is 8.76. The molecule has 0 N–H and O–H groups in total. The first-order chi connectivity index (χ1) is 22.3. The molecule has 0 atom stereocenters. The minimum Gasteiger partial charge on any atom is -0.456 e. The van der Waals surface area contributed by atoms with Crippen molar-refractivity contribution in [3.05, 3.63) is 146 Å². The lowest BCUT2D eigenvalue weighted by atomic mass is 10.0. The van der Waals surface area contributed by atoms with Crippen molar-refractivity contribution in [3.8, 4) is 34.5 Å². The lowest BCUT2D eigenvalue weighted by Crippen LogP contribution is -2.81. The van der Waals surface area contributed by atoms with Crippen LogP contribution in [0.3, 0.4) is 0 Å². The molecule has 45 heavy (non-hydrogen) atoms. The first kappa shape index (κ1) is 24.3. The van der Waals surface area contributed by atoms with Gasteiger partial charge in [0.2, 0.25) is 11.0 Å². The van der Waals surface area contributed by atoms with Gasteiger partial charge in [0.15, 0.2) is 23.9 Å². The third kappa shape index (κ3) is 3.39. The van der Waals surface area contributed by atoms with Gasteiger partial charge in [0.05, 0.1) is 21.5 Å². The summed E-state index contributed by atoms with van der Waals surface area (Å²) in [7, 11) is 0. The van der Waals surface area contributed by atoms with E-state index in [0.29, 0.717) is 0 Å². The number of benzene rings is 6. The molecule has 6 aromatic carbocycles. The summed E-state index contributed by atoms with van der Waals surface area (Å²) >= 11 is 0. The Bertz CT molecular complexity index is 2320. The fraction of sp³-hybridized carbons (Fsp3) is 0.0256. The Morgan fingerprint density at radius 3 is 1.38 bits per heavy atom. The maximum absolute atomic E-state index is 7.04. The van der Waals surface area contributed by atoms with Crippen molar-refractivity contribution in [3.63, 3.8) is 0 Å². The standard InChI is InChI=1S/C39H24N2O4/c1-3-11-27(12-4-1)42-31-21-23-40-37-29(31)19-17-25-9-7-15-33(35(25)37)44-39(40)41-24-22-32(43-28-13-5-2-6-14-28)30-20-18-26-10-8-16-34(45-39)36(26)38(30)41/h1-24H/q+2. The van der Waals surface area contributed by atoms with Gasteiger partial charge in [0, 0.05) is 12.1 Å². The van der Waals surface area contributed by atoms with E-state index in [0.717, 1.165) is 77.8 Å². The van der Waals surface area contributed by atoms with Gasteiger partial charge in [0.25, 0.3) is 0 Å². The van der Waals surface area contributed by atoms with E-state index in [-0.39, 0.29) is 0 Å². The van der Waals surface area contributed by atoms with Crippen molar-refractivity contribution in [1.82, 2.24) is 0 Å². The normalized spacial score (nSPS) is 13.9. The van der Waals surface area contributed by atoms with Crippen LogP contribution in [0, 0.1) is 0 Å². The molecule has 0 fully saturated rings. The van der Waals surface area contributed by atoms with Crippen molar-refractivity contribution >= 4 is 43.4 Å². The van der Waals surface area contributed by atoms with Gasteiger partial charge in [-0.05, 0) is 59.3 Å². The highest BCUT2D eigenvalue weighted by Crippen LogP contribution is 2.45. The Morgan fingerprint density at radius 1 is 0.444 bits per heavy atom. The molecule has 0 radical (unpaired) electrons. The van der Waals surface area contributed by atoms with Crippen LogP contribution in [-0.4, -0.2) is 0 Å². The summed E-state index contributed by atoms with van der Waals surface area (Å²) in [6, 6.07) is 43.0. The topological polar surface area (TPSA) is 44.7 Å². The number of hydrogen-bond donors (Lipinski definition) is 0. The Hall–Kier alpha value is -6.14. The van der Waals surface area contributed by atoms with Crippen LogP contribution in [0.4, 0.5) is 0 Å². The number of ether oxygens (including phenoxy) is 4. The first-order valence-corrected chi connectivity index (χ1v) is 14.9. The number of hydrogen-bond acceptors (Lipinski definition) is 4. The summed E-state index contributed by atoms with van der Waals surface area (Å²) in [5.74, 6) is 4.50. The molecule has 10 rings (SSSR count). The molecule has 1 spiro atoms. The number of aromatic nitrogens is 2. The first-order valence-electron chi connectivity index (χ1n) is 14.9. The molecular formula is C39H24N2O4+2. The molecule has 212 valence electrons. The van der Waals surface area contributed by atoms with Crippen molar-refractivity contribution in [2.24, 2.45) is 0 Å². The Morgan fingerprint density at radius 2 is 0.911 bits per heavy atom. The summed E-state index contributed by atoms with van der Waals surface area (Å²) in [5, 5.41) is 6.04. The molecule has 0 unspecified atom stereocenters. The Labute approximate surface area is 257 Å². The number of para-hydroxylation sites is 2. The van der Waals surface area contributed by atoms with Crippen LogP contribution in [-0.2, 0) is 6.03 Å². The van der Waals surface area contributed by atoms with Crippen LogP contribution in [0.1, 0.15) is 0 Å². The van der Waals surface area contributed by atoms with Gasteiger partial charge in [-0.25, -0.2) is 0 Å². The number of rotatable bonds is 4. The number of pyridine rings is 2. The van der Waals surface area contributed by atoms with Crippen LogP contribution in [0.25, 0.3) is 43.4 Å². The lowest BCUT2D eigenvalue weighted by molar-refractivity contribution is -1.05. The molecule has 2 aromatic heterocycles. The van der Waals surface area contributed by atoms with Crippen LogP contribution < -0.4 is 28.1 Å². The zero-order valence-corrected chi connectivity index (χ0v) is 23.9. The molecule has 2 aliphatic heterocycles. The molecule has 6 nitrogen and oxygen atoms in total. The van der Waals surface area contributed by atoms with Gasteiger partial charge in [-0.3, -0.25) is 0 Å². The molecule has 0 amide bonds. The van der Waals surface area contributed by atoms with Crippen LogP contribution in [0.15, 0.2) is 146 Å². The fourth-order valence-corrected chi connectivity index (χ4v) is 6.84. The minimum absolute atomic E-state index is 0.728. The maximum atomic E-state index is 7.04. The Balaban J connectivity index is 1.28. The van der Waals surface area contributed by atoms with E-state index < -0.39 is 6.03 Å². The SMILES string of the molecule is c1ccc(Oc2cc[n+]3c4c2ccc2cccc(c24)OC32Oc3cccc4ccc5c(Oc6ccccc6)cc[n+]2c5c34)cc1. The molecule has 2 aliphatic rings. The zero-order valence-electron chi connectivity index (χ0n) is 23.9. The molecule has 0 bridgehead atoms. The molecule has 0 saturated heterocycles. The molecule has 0 aliphatic carbocycles. The van der Waals surface area contributed by atoms with E-state index in [1.807, 2.05) is 109 Å². The lowest BCUT2D eigenvalue weighted by Gasteiger charge is -2.30. The predicted octanol–water partition coefficient (Wildman–Crippen LogP) is 8.36. The van der Waals surface area contributed by atoms with E-state index in [4.69, 9.17) is 18.9 Å². The summed E-state index contributed by atoms with van der Waals surface area (Å²) in [6.45, 7) is 0. The Kier molecular flexibility index (Phi) is 4.83. The van der Waals surface area contributed by atoms with Gasteiger partial charge >= 0.3 is 6.03 Å². The van der Waals surface area contributed by atoms with Gasteiger partial charge in [-0.2, -0.15) is 0 Å². The molecule has 0 saturated carbocycles. The maximum Gasteiger partial charge on any atom is 0.714 e. The third-order valence-corrected chi connectivity index (χ3v) is 8.76. The van der Waals surface area contributed by atoms with E-state index in [1.54, 1.807) is 0 Å². The molecule has 4 heterocycles. The van der Waals surface area contributed by atoms with Crippen molar-refractivity contribution < 1.29 is 28.1 Å². The van der Waals surface area contributed by atoms with Crippen LogP contribution >= 0.6 is 0 Å². The summed E-state index contributed by atoms with van der Waals surface area (Å²) in [5.41, 5.74) is 1.92. The minimum atomic E-state index is -1.40. The summed E-state index contributed by atoms with van der Waals surface area (Å²) in [4.78, 5) is 0. The second-order valence-corrected chi connectivity index (χ2v) is 11.3. The van der Waals surface area contributed by atoms with Crippen molar-refractivity contribution in [2.75, 3.05) is 0 Å². The quantitative estimate of drug-likeness (QED) is 0.154. The van der Waals surface area contributed by atoms with E-state index in [2.05, 4.69) is 45.5 Å². The largest absolute Gasteiger partial charge is 0.714 e. The van der Waals surface area contributed by atoms with Gasteiger partial charge < -0.3 is 18.9 Å².